The normalized spacial score (nSPS) is 20.9. The first-order valence-electron chi connectivity index (χ1n) is 6.05. The monoisotopic (exact) mass is 234 g/mol. The van der Waals surface area contributed by atoms with E-state index in [0.29, 0.717) is 0 Å². The van der Waals surface area contributed by atoms with E-state index in [0.717, 1.165) is 31.5 Å². The summed E-state index contributed by atoms with van der Waals surface area (Å²) in [5.74, 6) is 0.147. The molecule has 1 rings (SSSR count). The third-order valence-electron chi connectivity index (χ3n) is 3.19. The molecule has 0 aromatic carbocycles. The molecule has 1 fully saturated rings. The predicted octanol–water partition coefficient (Wildman–Crippen LogP) is 1.67. The lowest BCUT2D eigenvalue weighted by Gasteiger charge is -2.35. The summed E-state index contributed by atoms with van der Waals surface area (Å²) in [7, 11) is 0. The van der Waals surface area contributed by atoms with Gasteiger partial charge in [-0.1, -0.05) is 31.4 Å². The molecule has 0 saturated carbocycles. The van der Waals surface area contributed by atoms with E-state index in [1.165, 1.54) is 0 Å². The van der Waals surface area contributed by atoms with Crippen LogP contribution in [0.1, 0.15) is 19.8 Å². The SMILES string of the molecule is C=C/C=C(\C=C)C(C(C)=O)N1CCC(N)CC1. The third-order valence-corrected chi connectivity index (χ3v) is 3.19. The van der Waals surface area contributed by atoms with Gasteiger partial charge in [0.1, 0.15) is 0 Å². The van der Waals surface area contributed by atoms with Crippen molar-refractivity contribution in [3.63, 3.8) is 0 Å². The first-order chi connectivity index (χ1) is 8.10. The summed E-state index contributed by atoms with van der Waals surface area (Å²) in [4.78, 5) is 14.0. The topological polar surface area (TPSA) is 46.3 Å². The fourth-order valence-electron chi connectivity index (χ4n) is 2.29. The first-order valence-corrected chi connectivity index (χ1v) is 6.05. The molecule has 0 radical (unpaired) electrons. The van der Waals surface area contributed by atoms with Crippen molar-refractivity contribution in [2.24, 2.45) is 5.73 Å². The van der Waals surface area contributed by atoms with Crippen LogP contribution < -0.4 is 5.73 Å². The number of carbonyl (C=O) groups is 1. The number of piperidine rings is 1. The Labute approximate surface area is 104 Å². The lowest BCUT2D eigenvalue weighted by molar-refractivity contribution is -0.121. The van der Waals surface area contributed by atoms with E-state index in [1.54, 1.807) is 19.1 Å². The van der Waals surface area contributed by atoms with E-state index in [1.807, 2.05) is 6.08 Å². The predicted molar refractivity (Wildman–Crippen MR) is 71.7 cm³/mol. The Morgan fingerprint density at radius 2 is 2.00 bits per heavy atom. The van der Waals surface area contributed by atoms with Gasteiger partial charge in [-0.3, -0.25) is 9.69 Å². The summed E-state index contributed by atoms with van der Waals surface area (Å²) in [6.07, 6.45) is 7.18. The molecule has 1 aliphatic rings. The minimum atomic E-state index is -0.196. The van der Waals surface area contributed by atoms with E-state index in [9.17, 15) is 4.79 Å². The summed E-state index contributed by atoms with van der Waals surface area (Å²) >= 11 is 0. The molecule has 0 bridgehead atoms. The Balaban J connectivity index is 2.85. The van der Waals surface area contributed by atoms with Crippen LogP contribution >= 0.6 is 0 Å². The van der Waals surface area contributed by atoms with Crippen molar-refractivity contribution in [1.29, 1.82) is 0 Å². The Kier molecular flexibility index (Phi) is 5.32. The molecule has 1 saturated heterocycles. The number of likely N-dealkylation sites (tertiary alicyclic amines) is 1. The molecule has 2 N–H and O–H groups in total. The molecule has 3 nitrogen and oxygen atoms in total. The van der Waals surface area contributed by atoms with E-state index >= 15 is 0 Å². The fourth-order valence-corrected chi connectivity index (χ4v) is 2.29. The first kappa shape index (κ1) is 13.9. The van der Waals surface area contributed by atoms with Crippen molar-refractivity contribution in [3.05, 3.63) is 37.0 Å². The lowest BCUT2D eigenvalue weighted by atomic mass is 9.97. The quantitative estimate of drug-likeness (QED) is 0.736. The molecular weight excluding hydrogens is 212 g/mol. The van der Waals surface area contributed by atoms with Gasteiger partial charge < -0.3 is 5.73 Å². The Hall–Kier alpha value is -1.19. The van der Waals surface area contributed by atoms with Crippen LogP contribution in [-0.4, -0.2) is 35.9 Å². The van der Waals surface area contributed by atoms with Gasteiger partial charge in [-0.15, -0.1) is 0 Å². The molecule has 1 atom stereocenters. The van der Waals surface area contributed by atoms with Crippen LogP contribution in [0.4, 0.5) is 0 Å². The number of Topliss-reactive ketones (excluding diaryl/α,β-unsaturated/α-hetero) is 1. The van der Waals surface area contributed by atoms with Crippen LogP contribution in [0.15, 0.2) is 37.0 Å². The van der Waals surface area contributed by atoms with Crippen LogP contribution in [0, 0.1) is 0 Å². The Bertz CT molecular complexity index is 325. The summed E-state index contributed by atoms with van der Waals surface area (Å²) in [5.41, 5.74) is 6.80. The van der Waals surface area contributed by atoms with Gasteiger partial charge in [0.2, 0.25) is 0 Å². The second-order valence-electron chi connectivity index (χ2n) is 4.49. The zero-order chi connectivity index (χ0) is 12.8. The minimum Gasteiger partial charge on any atom is -0.328 e. The van der Waals surface area contributed by atoms with Crippen LogP contribution in [0.2, 0.25) is 0 Å². The molecule has 17 heavy (non-hydrogen) atoms. The molecule has 0 spiro atoms. The maximum Gasteiger partial charge on any atom is 0.151 e. The average molecular weight is 234 g/mol. The number of hydrogen-bond acceptors (Lipinski definition) is 3. The highest BCUT2D eigenvalue weighted by atomic mass is 16.1. The van der Waals surface area contributed by atoms with Gasteiger partial charge in [-0.05, 0) is 25.3 Å². The number of hydrogen-bond donors (Lipinski definition) is 1. The summed E-state index contributed by atoms with van der Waals surface area (Å²) in [5, 5.41) is 0. The molecule has 0 aliphatic carbocycles. The van der Waals surface area contributed by atoms with Gasteiger partial charge in [0, 0.05) is 19.1 Å². The number of carbonyl (C=O) groups excluding carboxylic acids is 1. The molecule has 1 aliphatic heterocycles. The van der Waals surface area contributed by atoms with Gasteiger partial charge in [0.25, 0.3) is 0 Å². The molecular formula is C14H22N2O. The highest BCUT2D eigenvalue weighted by molar-refractivity contribution is 5.85. The summed E-state index contributed by atoms with van der Waals surface area (Å²) < 4.78 is 0. The van der Waals surface area contributed by atoms with Gasteiger partial charge in [-0.2, -0.15) is 0 Å². The average Bonchev–Trinajstić information content (AvgIpc) is 2.30. The molecule has 94 valence electrons. The van der Waals surface area contributed by atoms with Crippen LogP contribution in [0.3, 0.4) is 0 Å². The minimum absolute atomic E-state index is 0.147. The molecule has 0 amide bonds. The lowest BCUT2D eigenvalue weighted by Crippen LogP contribution is -2.48. The third kappa shape index (κ3) is 3.65. The number of nitrogens with two attached hydrogens (primary N) is 1. The number of nitrogens with zero attached hydrogens (tertiary/aromatic N) is 1. The molecule has 0 aromatic heterocycles. The summed E-state index contributed by atoms with van der Waals surface area (Å²) in [6, 6.07) is 0.0763. The van der Waals surface area contributed by atoms with Crippen molar-refractivity contribution < 1.29 is 4.79 Å². The van der Waals surface area contributed by atoms with E-state index < -0.39 is 0 Å². The van der Waals surface area contributed by atoms with Crippen molar-refractivity contribution in [2.45, 2.75) is 31.8 Å². The number of allylic oxidation sites excluding steroid dienone is 2. The van der Waals surface area contributed by atoms with Gasteiger partial charge >= 0.3 is 0 Å². The Morgan fingerprint density at radius 3 is 2.41 bits per heavy atom. The smallest absolute Gasteiger partial charge is 0.151 e. The van der Waals surface area contributed by atoms with E-state index in [2.05, 4.69) is 18.1 Å². The number of ketones is 1. The fraction of sp³-hybridized carbons (Fsp3) is 0.500. The van der Waals surface area contributed by atoms with Crippen molar-refractivity contribution in [1.82, 2.24) is 4.90 Å². The van der Waals surface area contributed by atoms with Gasteiger partial charge in [0.15, 0.2) is 5.78 Å². The highest BCUT2D eigenvalue weighted by Crippen LogP contribution is 2.18. The van der Waals surface area contributed by atoms with Crippen LogP contribution in [0.5, 0.6) is 0 Å². The van der Waals surface area contributed by atoms with Crippen LogP contribution in [-0.2, 0) is 4.79 Å². The molecule has 1 unspecified atom stereocenters. The van der Waals surface area contributed by atoms with Crippen LogP contribution in [0.25, 0.3) is 0 Å². The van der Waals surface area contributed by atoms with Gasteiger partial charge in [-0.25, -0.2) is 0 Å². The standard InChI is InChI=1S/C14H22N2O/c1-4-6-12(5-2)14(11(3)17)16-9-7-13(15)8-10-16/h4-6,13-14H,1-2,7-10,15H2,3H3/b12-6+. The molecule has 0 aromatic rings. The number of rotatable bonds is 5. The maximum atomic E-state index is 11.8. The van der Waals surface area contributed by atoms with Gasteiger partial charge in [0.05, 0.1) is 6.04 Å². The second-order valence-corrected chi connectivity index (χ2v) is 4.49. The largest absolute Gasteiger partial charge is 0.328 e. The van der Waals surface area contributed by atoms with E-state index in [-0.39, 0.29) is 17.9 Å². The summed E-state index contributed by atoms with van der Waals surface area (Å²) in [6.45, 7) is 10.8. The van der Waals surface area contributed by atoms with E-state index in [4.69, 9.17) is 5.73 Å². The Morgan fingerprint density at radius 1 is 1.41 bits per heavy atom. The zero-order valence-electron chi connectivity index (χ0n) is 10.6. The molecule has 3 heteroatoms. The highest BCUT2D eigenvalue weighted by Gasteiger charge is 2.28. The van der Waals surface area contributed by atoms with Crippen molar-refractivity contribution in [3.8, 4) is 0 Å². The van der Waals surface area contributed by atoms with Crippen molar-refractivity contribution >= 4 is 5.78 Å². The molecule has 1 heterocycles. The zero-order valence-corrected chi connectivity index (χ0v) is 10.6. The maximum absolute atomic E-state index is 11.8. The van der Waals surface area contributed by atoms with Crippen molar-refractivity contribution in [2.75, 3.05) is 13.1 Å². The second kappa shape index (κ2) is 6.52.